The van der Waals surface area contributed by atoms with E-state index in [0.29, 0.717) is 12.3 Å². The first kappa shape index (κ1) is 15.3. The molecular weight excluding hydrogens is 256 g/mol. The Balaban J connectivity index is 2.09. The zero-order chi connectivity index (χ0) is 14.9. The zero-order valence-electron chi connectivity index (χ0n) is 12.7. The summed E-state index contributed by atoms with van der Waals surface area (Å²) in [6.07, 6.45) is 5.20. The Kier molecular flexibility index (Phi) is 4.68. The number of carbonyl (C=O) groups excluding carboxylic acids is 1. The van der Waals surface area contributed by atoms with E-state index in [4.69, 9.17) is 0 Å². The Bertz CT molecular complexity index is 383. The minimum absolute atomic E-state index is 0.0254. The number of carbonyl (C=O) groups is 2. The molecule has 2 aliphatic rings. The summed E-state index contributed by atoms with van der Waals surface area (Å²) in [4.78, 5) is 27.4. The maximum atomic E-state index is 12.3. The van der Waals surface area contributed by atoms with Gasteiger partial charge in [0.05, 0.1) is 6.54 Å². The van der Waals surface area contributed by atoms with Gasteiger partial charge in [0.2, 0.25) is 5.91 Å². The summed E-state index contributed by atoms with van der Waals surface area (Å²) in [7, 11) is 1.79. The van der Waals surface area contributed by atoms with Gasteiger partial charge in [-0.3, -0.25) is 14.5 Å². The van der Waals surface area contributed by atoms with Crippen molar-refractivity contribution in [1.82, 2.24) is 9.80 Å². The fraction of sp³-hybridized carbons (Fsp3) is 0.867. The number of rotatable bonds is 4. The first-order valence-electron chi connectivity index (χ1n) is 7.66. The van der Waals surface area contributed by atoms with Crippen LogP contribution in [0.3, 0.4) is 0 Å². The van der Waals surface area contributed by atoms with Crippen molar-refractivity contribution >= 4 is 11.9 Å². The summed E-state index contributed by atoms with van der Waals surface area (Å²) in [5.74, 6) is -0.293. The molecule has 1 aliphatic carbocycles. The minimum atomic E-state index is -0.778. The fourth-order valence-electron chi connectivity index (χ4n) is 3.58. The number of likely N-dealkylation sites (tertiary alicyclic amines) is 1. The minimum Gasteiger partial charge on any atom is -0.480 e. The van der Waals surface area contributed by atoms with E-state index in [0.717, 1.165) is 19.3 Å². The lowest BCUT2D eigenvalue weighted by Crippen LogP contribution is -2.49. The molecule has 1 saturated heterocycles. The third-order valence-electron chi connectivity index (χ3n) is 4.99. The quantitative estimate of drug-likeness (QED) is 0.850. The van der Waals surface area contributed by atoms with Gasteiger partial charge in [-0.1, -0.05) is 12.8 Å². The molecule has 3 unspecified atom stereocenters. The number of aliphatic carboxylic acids is 1. The van der Waals surface area contributed by atoms with Crippen LogP contribution in [0.2, 0.25) is 0 Å². The van der Waals surface area contributed by atoms with Crippen LogP contribution >= 0.6 is 0 Å². The van der Waals surface area contributed by atoms with Gasteiger partial charge in [-0.05, 0) is 39.0 Å². The molecule has 0 aromatic rings. The van der Waals surface area contributed by atoms with Gasteiger partial charge in [-0.15, -0.1) is 0 Å². The molecule has 114 valence electrons. The summed E-state index contributed by atoms with van der Waals surface area (Å²) in [5, 5.41) is 9.42. The third kappa shape index (κ3) is 2.97. The largest absolute Gasteiger partial charge is 0.480 e. The predicted molar refractivity (Wildman–Crippen MR) is 76.4 cm³/mol. The van der Waals surface area contributed by atoms with E-state index in [1.165, 1.54) is 6.42 Å². The first-order valence-corrected chi connectivity index (χ1v) is 7.66. The Labute approximate surface area is 120 Å². The van der Waals surface area contributed by atoms with Crippen LogP contribution in [0.15, 0.2) is 0 Å². The molecule has 1 amide bonds. The molecule has 3 atom stereocenters. The fourth-order valence-corrected chi connectivity index (χ4v) is 3.58. The number of carboxylic acid groups (broad SMARTS) is 1. The van der Waals surface area contributed by atoms with E-state index in [-0.39, 0.29) is 24.5 Å². The van der Waals surface area contributed by atoms with Gasteiger partial charge in [-0.25, -0.2) is 0 Å². The second-order valence-electron chi connectivity index (χ2n) is 6.47. The Morgan fingerprint density at radius 2 is 1.95 bits per heavy atom. The zero-order valence-corrected chi connectivity index (χ0v) is 12.7. The van der Waals surface area contributed by atoms with E-state index in [1.807, 2.05) is 18.7 Å². The summed E-state index contributed by atoms with van der Waals surface area (Å²) < 4.78 is 0. The molecule has 0 bridgehead atoms. The van der Waals surface area contributed by atoms with Gasteiger partial charge in [0.15, 0.2) is 0 Å². The molecular formula is C15H26N2O3. The van der Waals surface area contributed by atoms with Crippen LogP contribution in [0.4, 0.5) is 0 Å². The van der Waals surface area contributed by atoms with Gasteiger partial charge in [0, 0.05) is 19.1 Å². The standard InChI is InChI=1S/C15H26N2O3/c1-10(2)16(3)14(18)9-17-12-7-5-4-6-11(12)8-13(17)15(19)20/h10-13H,4-9H2,1-3H3,(H,19,20). The number of nitrogens with zero attached hydrogens (tertiary/aromatic N) is 2. The number of carboxylic acids is 1. The molecule has 1 N–H and O–H groups in total. The molecule has 0 spiro atoms. The topological polar surface area (TPSA) is 60.9 Å². The molecule has 20 heavy (non-hydrogen) atoms. The molecule has 0 radical (unpaired) electrons. The van der Waals surface area contributed by atoms with E-state index in [9.17, 15) is 14.7 Å². The lowest BCUT2D eigenvalue weighted by Gasteiger charge is -2.34. The van der Waals surface area contributed by atoms with Crippen LogP contribution in [0.25, 0.3) is 0 Å². The molecule has 5 heteroatoms. The molecule has 0 aromatic carbocycles. The monoisotopic (exact) mass is 282 g/mol. The summed E-state index contributed by atoms with van der Waals surface area (Å²) >= 11 is 0. The van der Waals surface area contributed by atoms with E-state index < -0.39 is 12.0 Å². The Hall–Kier alpha value is -1.10. The molecule has 2 rings (SSSR count). The highest BCUT2D eigenvalue weighted by Crippen LogP contribution is 2.39. The van der Waals surface area contributed by atoms with Gasteiger partial charge in [-0.2, -0.15) is 0 Å². The van der Waals surface area contributed by atoms with Crippen molar-refractivity contribution in [2.45, 2.75) is 64.1 Å². The maximum Gasteiger partial charge on any atom is 0.320 e. The van der Waals surface area contributed by atoms with E-state index >= 15 is 0 Å². The number of amides is 1. The summed E-state index contributed by atoms with van der Waals surface area (Å²) in [5.41, 5.74) is 0. The number of hydrogen-bond acceptors (Lipinski definition) is 3. The number of fused-ring (bicyclic) bond motifs is 1. The molecule has 1 saturated carbocycles. The van der Waals surface area contributed by atoms with Crippen molar-refractivity contribution in [2.24, 2.45) is 5.92 Å². The maximum absolute atomic E-state index is 12.3. The highest BCUT2D eigenvalue weighted by atomic mass is 16.4. The Morgan fingerprint density at radius 3 is 2.55 bits per heavy atom. The summed E-state index contributed by atoms with van der Waals surface area (Å²) in [6, 6.07) is -0.0440. The molecule has 0 aromatic heterocycles. The lowest BCUT2D eigenvalue weighted by molar-refractivity contribution is -0.144. The van der Waals surface area contributed by atoms with Crippen LogP contribution < -0.4 is 0 Å². The van der Waals surface area contributed by atoms with Gasteiger partial charge >= 0.3 is 5.97 Å². The van der Waals surface area contributed by atoms with Crippen molar-refractivity contribution in [3.63, 3.8) is 0 Å². The number of likely N-dealkylation sites (N-methyl/N-ethyl adjacent to an activating group) is 1. The van der Waals surface area contributed by atoms with Crippen molar-refractivity contribution in [3.05, 3.63) is 0 Å². The highest BCUT2D eigenvalue weighted by Gasteiger charge is 2.45. The second kappa shape index (κ2) is 6.12. The third-order valence-corrected chi connectivity index (χ3v) is 4.99. The predicted octanol–water partition coefficient (Wildman–Crippen LogP) is 1.57. The molecule has 1 aliphatic heterocycles. The van der Waals surface area contributed by atoms with E-state index in [1.54, 1.807) is 11.9 Å². The van der Waals surface area contributed by atoms with Crippen LogP contribution in [0.1, 0.15) is 46.0 Å². The van der Waals surface area contributed by atoms with Crippen molar-refractivity contribution in [1.29, 1.82) is 0 Å². The Morgan fingerprint density at radius 1 is 1.30 bits per heavy atom. The van der Waals surface area contributed by atoms with Crippen molar-refractivity contribution in [2.75, 3.05) is 13.6 Å². The smallest absolute Gasteiger partial charge is 0.320 e. The van der Waals surface area contributed by atoms with Crippen LogP contribution in [0.5, 0.6) is 0 Å². The van der Waals surface area contributed by atoms with Gasteiger partial charge in [0.1, 0.15) is 6.04 Å². The first-order chi connectivity index (χ1) is 9.41. The molecule has 1 heterocycles. The second-order valence-corrected chi connectivity index (χ2v) is 6.47. The van der Waals surface area contributed by atoms with Crippen molar-refractivity contribution < 1.29 is 14.7 Å². The van der Waals surface area contributed by atoms with Crippen LogP contribution in [-0.2, 0) is 9.59 Å². The average molecular weight is 282 g/mol. The molecule has 5 nitrogen and oxygen atoms in total. The van der Waals surface area contributed by atoms with Gasteiger partial charge in [0.25, 0.3) is 0 Å². The van der Waals surface area contributed by atoms with Crippen molar-refractivity contribution in [3.8, 4) is 0 Å². The SMILES string of the molecule is CC(C)N(C)C(=O)CN1C(C(=O)O)CC2CCCCC21. The highest BCUT2D eigenvalue weighted by molar-refractivity contribution is 5.80. The van der Waals surface area contributed by atoms with Gasteiger partial charge < -0.3 is 10.0 Å². The lowest BCUT2D eigenvalue weighted by atomic mass is 9.85. The van der Waals surface area contributed by atoms with E-state index in [2.05, 4.69) is 0 Å². The van der Waals surface area contributed by atoms with Crippen LogP contribution in [0, 0.1) is 5.92 Å². The normalized spacial score (nSPS) is 30.3. The summed E-state index contributed by atoms with van der Waals surface area (Å²) in [6.45, 7) is 4.19. The van der Waals surface area contributed by atoms with Crippen LogP contribution in [-0.4, -0.2) is 58.5 Å². The molecule has 2 fully saturated rings. The number of hydrogen-bond donors (Lipinski definition) is 1. The average Bonchev–Trinajstić information content (AvgIpc) is 2.77.